The number of ether oxygens (including phenoxy) is 1. The molecule has 3 aromatic rings. The summed E-state index contributed by atoms with van der Waals surface area (Å²) in [6.07, 6.45) is 0. The Hall–Kier alpha value is -1.67. The summed E-state index contributed by atoms with van der Waals surface area (Å²) in [7, 11) is 0. The summed E-state index contributed by atoms with van der Waals surface area (Å²) in [6.45, 7) is 1.33. The number of hydrogen-bond acceptors (Lipinski definition) is 1. The average Bonchev–Trinajstić information content (AvgIpc) is 2.57. The zero-order chi connectivity index (χ0) is 18.0. The van der Waals surface area contributed by atoms with Gasteiger partial charge in [-0.1, -0.05) is 0 Å². The summed E-state index contributed by atoms with van der Waals surface area (Å²) in [5.41, 5.74) is -0.0951. The van der Waals surface area contributed by atoms with Crippen molar-refractivity contribution in [2.45, 2.75) is 11.8 Å². The number of benzene rings is 3. The molecule has 25 heavy (non-hydrogen) atoms. The predicted molar refractivity (Wildman–Crippen MR) is 89.8 cm³/mol. The Morgan fingerprint density at radius 3 is 2.00 bits per heavy atom. The van der Waals surface area contributed by atoms with Crippen molar-refractivity contribution in [3.8, 4) is 11.5 Å². The molecule has 0 aliphatic rings. The van der Waals surface area contributed by atoms with Crippen molar-refractivity contribution in [3.63, 3.8) is 0 Å². The van der Waals surface area contributed by atoms with Crippen molar-refractivity contribution in [1.29, 1.82) is 0 Å². The van der Waals surface area contributed by atoms with E-state index >= 15 is 0 Å². The van der Waals surface area contributed by atoms with E-state index in [1.54, 1.807) is 6.07 Å². The van der Waals surface area contributed by atoms with Crippen molar-refractivity contribution < 1.29 is 39.1 Å². The summed E-state index contributed by atoms with van der Waals surface area (Å²) < 4.78 is 48.7. The van der Waals surface area contributed by atoms with Crippen molar-refractivity contribution >= 4 is 12.6 Å². The first kappa shape index (κ1) is 18.1. The molecule has 0 spiro atoms. The predicted octanol–water partition coefficient (Wildman–Crippen LogP) is 1.70. The molecular weight excluding hydrogens is 460 g/mol. The summed E-state index contributed by atoms with van der Waals surface area (Å²) in [4.78, 5) is 0.986. The van der Waals surface area contributed by atoms with Crippen LogP contribution in [-0.2, 0) is 12.6 Å². The normalized spacial score (nSPS) is 10.9. The molecule has 0 radical (unpaired) electrons. The first-order chi connectivity index (χ1) is 11.9. The van der Waals surface area contributed by atoms with Crippen LogP contribution in [0.25, 0.3) is 0 Å². The van der Waals surface area contributed by atoms with E-state index in [0.29, 0.717) is 0 Å². The summed E-state index contributed by atoms with van der Waals surface area (Å²) in [6, 6.07) is 14.6. The summed E-state index contributed by atoms with van der Waals surface area (Å²) in [5, 5.41) is 0. The molecule has 0 atom stereocenters. The quantitative estimate of drug-likeness (QED) is 0.414. The van der Waals surface area contributed by atoms with Crippen LogP contribution in [-0.4, -0.2) is 0 Å². The molecule has 6 heteroatoms. The fourth-order valence-electron chi connectivity index (χ4n) is 2.06. The van der Waals surface area contributed by atoms with Gasteiger partial charge in [0.1, 0.15) is 0 Å². The molecule has 0 heterocycles. The van der Waals surface area contributed by atoms with Gasteiger partial charge in [0.15, 0.2) is 0 Å². The van der Waals surface area contributed by atoms with E-state index in [1.807, 2.05) is 24.3 Å². The number of hydrogen-bond donors (Lipinski definition) is 0. The average molecular weight is 474 g/mol. The van der Waals surface area contributed by atoms with Crippen molar-refractivity contribution in [2.75, 3.05) is 0 Å². The topological polar surface area (TPSA) is 9.23 Å². The van der Waals surface area contributed by atoms with Crippen LogP contribution in [0.5, 0.6) is 11.5 Å². The Balaban J connectivity index is 1.79. The van der Waals surface area contributed by atoms with Crippen LogP contribution in [0.4, 0.5) is 13.2 Å². The Labute approximate surface area is 159 Å². The number of halogens is 4. The second-order valence-corrected chi connectivity index (χ2v) is 8.90. The maximum atomic E-state index is 14.3. The van der Waals surface area contributed by atoms with E-state index in [1.165, 1.54) is 19.1 Å². The third-order valence-electron chi connectivity index (χ3n) is 3.44. The molecule has 3 rings (SSSR count). The molecule has 0 N–H and O–H groups in total. The molecule has 0 saturated heterocycles. The molecule has 0 fully saturated rings. The summed E-state index contributed by atoms with van der Waals surface area (Å²) >= 11 is 2.90. The van der Waals surface area contributed by atoms with E-state index in [2.05, 4.69) is 12.6 Å². The fourth-order valence-corrected chi connectivity index (χ4v) is 4.46. The van der Waals surface area contributed by atoms with Gasteiger partial charge in [0.2, 0.25) is 0 Å². The van der Waals surface area contributed by atoms with Gasteiger partial charge in [-0.2, -0.15) is 0 Å². The van der Waals surface area contributed by atoms with Gasteiger partial charge in [-0.25, -0.2) is 0 Å². The second kappa shape index (κ2) is 7.70. The molecule has 1 nitrogen and oxygen atoms in total. The molecule has 0 saturated carbocycles. The summed E-state index contributed by atoms with van der Waals surface area (Å²) in [5.74, 6) is -2.16. The van der Waals surface area contributed by atoms with Gasteiger partial charge in [-0.05, 0) is 0 Å². The monoisotopic (exact) mass is 474 g/mol. The van der Waals surface area contributed by atoms with Crippen molar-refractivity contribution in [3.05, 3.63) is 84.8 Å². The van der Waals surface area contributed by atoms with Gasteiger partial charge in [0, 0.05) is 0 Å². The van der Waals surface area contributed by atoms with Crippen LogP contribution < -0.4 is 25.9 Å². The molecular formula is C19H14F3IOS. The minimum absolute atomic E-state index is 0.0640. The van der Waals surface area contributed by atoms with Gasteiger partial charge in [-0.15, -0.1) is 0 Å². The van der Waals surface area contributed by atoms with E-state index in [0.717, 1.165) is 24.2 Å². The zero-order valence-electron chi connectivity index (χ0n) is 13.1. The van der Waals surface area contributed by atoms with Crippen LogP contribution >= 0.6 is 0 Å². The zero-order valence-corrected chi connectivity index (χ0v) is 16.3. The van der Waals surface area contributed by atoms with E-state index in [4.69, 9.17) is 4.74 Å². The van der Waals surface area contributed by atoms with Crippen LogP contribution in [0, 0.1) is 31.5 Å². The SMILES string of the molecule is Cc1c(F)cc(Oc2ccc([I-]c3ccc([SH2+])cc3)cc2F)cc1F. The standard InChI is InChI=1S/C19H13F3IOS/c1-11-16(20)9-14(10-17(11)21)24-19-7-4-13(8-18(19)22)23-12-2-5-15(25)6-3-12/h2-10,25H,1H3/q-1/p+1. The van der Waals surface area contributed by atoms with E-state index in [-0.39, 0.29) is 17.1 Å². The van der Waals surface area contributed by atoms with Crippen LogP contribution in [0.15, 0.2) is 59.5 Å². The fraction of sp³-hybridized carbons (Fsp3) is 0.0526. The molecule has 3 aromatic carbocycles. The van der Waals surface area contributed by atoms with Gasteiger partial charge in [0.05, 0.1) is 0 Å². The maximum absolute atomic E-state index is 14.3. The molecule has 0 amide bonds. The third kappa shape index (κ3) is 4.49. The Morgan fingerprint density at radius 2 is 1.40 bits per heavy atom. The molecule has 0 aliphatic carbocycles. The van der Waals surface area contributed by atoms with Crippen LogP contribution in [0.3, 0.4) is 0 Å². The Bertz CT molecular complexity index is 890. The van der Waals surface area contributed by atoms with Gasteiger partial charge in [-0.3, -0.25) is 0 Å². The molecule has 130 valence electrons. The van der Waals surface area contributed by atoms with Gasteiger partial charge in [0.25, 0.3) is 0 Å². The van der Waals surface area contributed by atoms with Crippen LogP contribution in [0.2, 0.25) is 0 Å². The van der Waals surface area contributed by atoms with Crippen LogP contribution in [0.1, 0.15) is 5.56 Å². The molecule has 0 unspecified atom stereocenters. The number of rotatable bonds is 4. The Kier molecular flexibility index (Phi) is 5.58. The second-order valence-electron chi connectivity index (χ2n) is 5.29. The molecule has 0 aliphatic heterocycles. The molecule has 0 aromatic heterocycles. The van der Waals surface area contributed by atoms with Crippen molar-refractivity contribution in [2.24, 2.45) is 0 Å². The first-order valence-corrected chi connectivity index (χ1v) is 9.97. The third-order valence-corrected chi connectivity index (χ3v) is 6.41. The molecule has 0 bridgehead atoms. The minimum atomic E-state index is -0.729. The Morgan fingerprint density at radius 1 is 0.800 bits per heavy atom. The van der Waals surface area contributed by atoms with E-state index in [9.17, 15) is 13.2 Å². The van der Waals surface area contributed by atoms with E-state index < -0.39 is 38.7 Å². The van der Waals surface area contributed by atoms with Crippen molar-refractivity contribution in [1.82, 2.24) is 0 Å². The van der Waals surface area contributed by atoms with Gasteiger partial charge >= 0.3 is 160 Å². The van der Waals surface area contributed by atoms with Gasteiger partial charge < -0.3 is 0 Å². The first-order valence-electron chi connectivity index (χ1n) is 7.32.